The van der Waals surface area contributed by atoms with Crippen LogP contribution in [0.25, 0.3) is 0 Å². The second-order valence-corrected chi connectivity index (χ2v) is 2.80. The predicted molar refractivity (Wildman–Crippen MR) is 50.9 cm³/mol. The van der Waals surface area contributed by atoms with E-state index in [1.807, 2.05) is 0 Å². The highest BCUT2D eigenvalue weighted by Gasteiger charge is 2.11. The number of aromatic nitrogens is 1. The molecule has 2 aromatic rings. The van der Waals surface area contributed by atoms with E-state index in [0.717, 1.165) is 6.39 Å². The Hall–Kier alpha value is -2.17. The molecule has 0 fully saturated rings. The monoisotopic (exact) mass is 206 g/mol. The normalized spacial score (nSPS) is 9.93. The minimum absolute atomic E-state index is 0.0400. The molecule has 0 atom stereocenters. The van der Waals surface area contributed by atoms with Gasteiger partial charge in [-0.3, -0.25) is 4.79 Å². The van der Waals surface area contributed by atoms with Gasteiger partial charge in [0.15, 0.2) is 6.39 Å². The highest BCUT2D eigenvalue weighted by molar-refractivity contribution is 6.02. The highest BCUT2D eigenvalue weighted by Crippen LogP contribution is 2.13. The largest absolute Gasteiger partial charge is 0.438 e. The summed E-state index contributed by atoms with van der Waals surface area (Å²) in [6.07, 6.45) is 2.40. The highest BCUT2D eigenvalue weighted by atomic mass is 19.1. The van der Waals surface area contributed by atoms with Gasteiger partial charge in [-0.25, -0.2) is 9.37 Å². The summed E-state index contributed by atoms with van der Waals surface area (Å²) in [5.41, 5.74) is 0.110. The molecule has 0 aliphatic heterocycles. The van der Waals surface area contributed by atoms with Crippen LogP contribution in [0.2, 0.25) is 0 Å². The fourth-order valence-corrected chi connectivity index (χ4v) is 1.07. The van der Waals surface area contributed by atoms with Gasteiger partial charge in [-0.15, -0.1) is 0 Å². The zero-order chi connectivity index (χ0) is 10.7. The van der Waals surface area contributed by atoms with Crippen molar-refractivity contribution in [3.8, 4) is 0 Å². The van der Waals surface area contributed by atoms with Gasteiger partial charge in [0, 0.05) is 0 Å². The molecule has 1 amide bonds. The summed E-state index contributed by atoms with van der Waals surface area (Å²) in [5, 5.41) is 2.36. The second-order valence-electron chi connectivity index (χ2n) is 2.80. The molecule has 0 saturated carbocycles. The van der Waals surface area contributed by atoms with Crippen molar-refractivity contribution in [2.75, 3.05) is 5.32 Å². The maximum Gasteiger partial charge on any atom is 0.293 e. The summed E-state index contributed by atoms with van der Waals surface area (Å²) in [6.45, 7) is 0. The number of nitrogens with one attached hydrogen (secondary N) is 1. The molecule has 1 heterocycles. The molecule has 15 heavy (non-hydrogen) atoms. The second kappa shape index (κ2) is 3.91. The Morgan fingerprint density at radius 3 is 2.87 bits per heavy atom. The number of hydrogen-bond donors (Lipinski definition) is 1. The van der Waals surface area contributed by atoms with Crippen molar-refractivity contribution >= 4 is 11.6 Å². The number of amides is 1. The van der Waals surface area contributed by atoms with Crippen LogP contribution in [-0.4, -0.2) is 10.9 Å². The van der Waals surface area contributed by atoms with E-state index >= 15 is 0 Å². The standard InChI is InChI=1S/C10H7FN2O2/c11-7-3-1-2-4-8(7)13-10(14)9-5-12-6-15-9/h1-6H,(H,13,14). The lowest BCUT2D eigenvalue weighted by atomic mass is 10.3. The quantitative estimate of drug-likeness (QED) is 0.818. The van der Waals surface area contributed by atoms with Crippen LogP contribution >= 0.6 is 0 Å². The number of oxazole rings is 1. The van der Waals surface area contributed by atoms with Crippen LogP contribution in [-0.2, 0) is 0 Å². The van der Waals surface area contributed by atoms with Crippen LogP contribution in [0, 0.1) is 5.82 Å². The van der Waals surface area contributed by atoms with Crippen molar-refractivity contribution in [2.45, 2.75) is 0 Å². The summed E-state index contributed by atoms with van der Waals surface area (Å²) in [7, 11) is 0. The number of benzene rings is 1. The molecule has 0 saturated heterocycles. The molecule has 1 aromatic heterocycles. The number of hydrogen-bond acceptors (Lipinski definition) is 3. The fraction of sp³-hybridized carbons (Fsp3) is 0. The van der Waals surface area contributed by atoms with Gasteiger partial charge in [0.1, 0.15) is 5.82 Å². The fourth-order valence-electron chi connectivity index (χ4n) is 1.07. The summed E-state index contributed by atoms with van der Waals surface area (Å²) >= 11 is 0. The van der Waals surface area contributed by atoms with Crippen molar-refractivity contribution in [3.63, 3.8) is 0 Å². The average molecular weight is 206 g/mol. The first kappa shape index (κ1) is 9.39. The number of nitrogens with zero attached hydrogens (tertiary/aromatic N) is 1. The summed E-state index contributed by atoms with van der Waals surface area (Å²) < 4.78 is 17.9. The molecule has 76 valence electrons. The average Bonchev–Trinajstić information content (AvgIpc) is 2.74. The first-order chi connectivity index (χ1) is 7.27. The van der Waals surface area contributed by atoms with Crippen molar-refractivity contribution in [2.24, 2.45) is 0 Å². The number of anilines is 1. The molecule has 0 radical (unpaired) electrons. The van der Waals surface area contributed by atoms with Crippen LogP contribution < -0.4 is 5.32 Å². The minimum atomic E-state index is -0.530. The Kier molecular flexibility index (Phi) is 2.45. The SMILES string of the molecule is O=C(Nc1ccccc1F)c1cnco1. The molecule has 2 rings (SSSR count). The lowest BCUT2D eigenvalue weighted by Crippen LogP contribution is -2.11. The Balaban J connectivity index is 2.17. The predicted octanol–water partition coefficient (Wildman–Crippen LogP) is 2.07. The minimum Gasteiger partial charge on any atom is -0.438 e. The molecule has 0 unspecified atom stereocenters. The molecular weight excluding hydrogens is 199 g/mol. The van der Waals surface area contributed by atoms with E-state index in [2.05, 4.69) is 10.3 Å². The van der Waals surface area contributed by atoms with Crippen molar-refractivity contribution in [3.05, 3.63) is 48.4 Å². The molecule has 5 heteroatoms. The lowest BCUT2D eigenvalue weighted by Gasteiger charge is -2.02. The van der Waals surface area contributed by atoms with Crippen LogP contribution in [0.5, 0.6) is 0 Å². The van der Waals surface area contributed by atoms with Crippen molar-refractivity contribution in [1.29, 1.82) is 0 Å². The molecule has 0 bridgehead atoms. The van der Waals surface area contributed by atoms with Crippen LogP contribution in [0.15, 0.2) is 41.3 Å². The van der Waals surface area contributed by atoms with E-state index in [1.165, 1.54) is 18.3 Å². The third-order valence-electron chi connectivity index (χ3n) is 1.78. The Bertz CT molecular complexity index is 468. The van der Waals surface area contributed by atoms with E-state index in [-0.39, 0.29) is 11.4 Å². The molecule has 0 aliphatic carbocycles. The van der Waals surface area contributed by atoms with Gasteiger partial charge < -0.3 is 9.73 Å². The molecule has 0 aliphatic rings. The van der Waals surface area contributed by atoms with E-state index in [9.17, 15) is 9.18 Å². The van der Waals surface area contributed by atoms with Crippen molar-refractivity contribution in [1.82, 2.24) is 4.98 Å². The van der Waals surface area contributed by atoms with Crippen LogP contribution in [0.4, 0.5) is 10.1 Å². The van der Waals surface area contributed by atoms with E-state index in [4.69, 9.17) is 4.42 Å². The summed E-state index contributed by atoms with van der Waals surface area (Å²) in [4.78, 5) is 15.0. The van der Waals surface area contributed by atoms with Gasteiger partial charge >= 0.3 is 0 Å². The Morgan fingerprint density at radius 2 is 2.20 bits per heavy atom. The molecular formula is C10H7FN2O2. The lowest BCUT2D eigenvalue weighted by molar-refractivity contribution is 0.0996. The Morgan fingerprint density at radius 1 is 1.40 bits per heavy atom. The van der Waals surface area contributed by atoms with Crippen LogP contribution in [0.3, 0.4) is 0 Å². The molecule has 1 aromatic carbocycles. The van der Waals surface area contributed by atoms with E-state index in [1.54, 1.807) is 12.1 Å². The third kappa shape index (κ3) is 2.01. The summed E-state index contributed by atoms with van der Waals surface area (Å²) in [5.74, 6) is -0.985. The van der Waals surface area contributed by atoms with Crippen molar-refractivity contribution < 1.29 is 13.6 Å². The maximum absolute atomic E-state index is 13.1. The summed E-state index contributed by atoms with van der Waals surface area (Å²) in [6, 6.07) is 5.89. The zero-order valence-corrected chi connectivity index (χ0v) is 7.61. The van der Waals surface area contributed by atoms with Gasteiger partial charge in [-0.2, -0.15) is 0 Å². The maximum atomic E-state index is 13.1. The van der Waals surface area contributed by atoms with E-state index < -0.39 is 11.7 Å². The first-order valence-corrected chi connectivity index (χ1v) is 4.22. The van der Waals surface area contributed by atoms with E-state index in [0.29, 0.717) is 0 Å². The molecule has 0 spiro atoms. The van der Waals surface area contributed by atoms with Gasteiger partial charge in [0.05, 0.1) is 11.9 Å². The topological polar surface area (TPSA) is 55.1 Å². The van der Waals surface area contributed by atoms with Gasteiger partial charge in [-0.05, 0) is 12.1 Å². The molecule has 1 N–H and O–H groups in total. The smallest absolute Gasteiger partial charge is 0.293 e. The number of halogens is 1. The first-order valence-electron chi connectivity index (χ1n) is 4.22. The zero-order valence-electron chi connectivity index (χ0n) is 7.61. The number of carbonyl (C=O) groups is 1. The number of carbonyl (C=O) groups excluding carboxylic acids is 1. The Labute approximate surface area is 84.7 Å². The number of para-hydroxylation sites is 1. The third-order valence-corrected chi connectivity index (χ3v) is 1.78. The van der Waals surface area contributed by atoms with Gasteiger partial charge in [-0.1, -0.05) is 12.1 Å². The van der Waals surface area contributed by atoms with Crippen LogP contribution in [0.1, 0.15) is 10.6 Å². The van der Waals surface area contributed by atoms with Gasteiger partial charge in [0.25, 0.3) is 5.91 Å². The van der Waals surface area contributed by atoms with Gasteiger partial charge in [0.2, 0.25) is 5.76 Å². The molecule has 4 nitrogen and oxygen atoms in total. The number of rotatable bonds is 2.